The number of halogens is 1. The summed E-state index contributed by atoms with van der Waals surface area (Å²) in [7, 11) is 0. The van der Waals surface area contributed by atoms with Crippen molar-refractivity contribution in [3.05, 3.63) is 65.0 Å². The maximum Gasteiger partial charge on any atom is 0.311 e. The van der Waals surface area contributed by atoms with E-state index in [1.165, 1.54) is 6.07 Å². The van der Waals surface area contributed by atoms with Crippen molar-refractivity contribution in [1.29, 1.82) is 0 Å². The fraction of sp³-hybridized carbons (Fsp3) is 0.348. The predicted octanol–water partition coefficient (Wildman–Crippen LogP) is 2.70. The summed E-state index contributed by atoms with van der Waals surface area (Å²) in [6, 6.07) is 12.1. The van der Waals surface area contributed by atoms with Gasteiger partial charge in [-0.1, -0.05) is 30.3 Å². The molecule has 158 valence electrons. The molecule has 2 amide bonds. The Kier molecular flexibility index (Phi) is 6.82. The van der Waals surface area contributed by atoms with Gasteiger partial charge in [-0.05, 0) is 49.1 Å². The third-order valence-corrected chi connectivity index (χ3v) is 5.35. The molecule has 0 spiro atoms. The quantitative estimate of drug-likeness (QED) is 0.710. The number of amides is 2. The molecule has 1 heterocycles. The van der Waals surface area contributed by atoms with Gasteiger partial charge in [-0.2, -0.15) is 0 Å². The summed E-state index contributed by atoms with van der Waals surface area (Å²) in [5, 5.41) is 2.60. The van der Waals surface area contributed by atoms with Crippen molar-refractivity contribution < 1.29 is 23.5 Å². The standard InChI is InChI=1S/C23H25FN2O4/c1-15-6-5-9-20(16(15)2)26-13-18(12-22(26)28)23(29)30-14-21(27)25-11-10-17-7-3-4-8-19(17)24/h3-9,18H,10-14H2,1-2H3,(H,25,27)/t18-/m0/s1. The number of nitrogens with one attached hydrogen (secondary N) is 1. The zero-order chi connectivity index (χ0) is 21.7. The first kappa shape index (κ1) is 21.5. The summed E-state index contributed by atoms with van der Waals surface area (Å²) < 4.78 is 18.7. The van der Waals surface area contributed by atoms with Gasteiger partial charge in [0.1, 0.15) is 5.82 Å². The zero-order valence-electron chi connectivity index (χ0n) is 17.1. The second-order valence-corrected chi connectivity index (χ2v) is 7.42. The average molecular weight is 412 g/mol. The molecule has 2 aromatic rings. The summed E-state index contributed by atoms with van der Waals surface area (Å²) in [6.45, 7) is 3.95. The molecule has 1 atom stereocenters. The molecule has 2 aromatic carbocycles. The Morgan fingerprint density at radius 3 is 2.70 bits per heavy atom. The van der Waals surface area contributed by atoms with Crippen molar-refractivity contribution in [2.24, 2.45) is 5.92 Å². The molecule has 30 heavy (non-hydrogen) atoms. The highest BCUT2D eigenvalue weighted by Crippen LogP contribution is 2.29. The lowest BCUT2D eigenvalue weighted by Crippen LogP contribution is -2.32. The topological polar surface area (TPSA) is 75.7 Å². The maximum atomic E-state index is 13.6. The molecular weight excluding hydrogens is 387 g/mol. The van der Waals surface area contributed by atoms with E-state index in [4.69, 9.17) is 4.74 Å². The molecule has 3 rings (SSSR count). The maximum absolute atomic E-state index is 13.6. The number of rotatable bonds is 7. The summed E-state index contributed by atoms with van der Waals surface area (Å²) in [4.78, 5) is 38.2. The second kappa shape index (κ2) is 9.52. The molecule has 6 nitrogen and oxygen atoms in total. The minimum absolute atomic E-state index is 0.0567. The molecule has 1 aliphatic rings. The summed E-state index contributed by atoms with van der Waals surface area (Å²) in [5.74, 6) is -2.10. The van der Waals surface area contributed by atoms with Gasteiger partial charge in [0, 0.05) is 25.2 Å². The number of nitrogens with zero attached hydrogens (tertiary/aromatic N) is 1. The average Bonchev–Trinajstić information content (AvgIpc) is 3.11. The van der Waals surface area contributed by atoms with Gasteiger partial charge < -0.3 is 15.0 Å². The second-order valence-electron chi connectivity index (χ2n) is 7.42. The number of hydrogen-bond acceptors (Lipinski definition) is 4. The van der Waals surface area contributed by atoms with Crippen molar-refractivity contribution >= 4 is 23.5 Å². The normalized spacial score (nSPS) is 15.9. The monoisotopic (exact) mass is 412 g/mol. The molecule has 1 aliphatic heterocycles. The van der Waals surface area contributed by atoms with Crippen LogP contribution in [0.5, 0.6) is 0 Å². The molecule has 0 saturated carbocycles. The summed E-state index contributed by atoms with van der Waals surface area (Å²) in [6.07, 6.45) is 0.398. The van der Waals surface area contributed by atoms with E-state index < -0.39 is 24.4 Å². The highest BCUT2D eigenvalue weighted by molar-refractivity contribution is 6.00. The van der Waals surface area contributed by atoms with E-state index in [1.54, 1.807) is 23.1 Å². The number of aryl methyl sites for hydroxylation is 1. The van der Waals surface area contributed by atoms with Crippen molar-refractivity contribution in [3.63, 3.8) is 0 Å². The Hall–Kier alpha value is -3.22. The third-order valence-electron chi connectivity index (χ3n) is 5.35. The van der Waals surface area contributed by atoms with E-state index in [2.05, 4.69) is 5.32 Å². The van der Waals surface area contributed by atoms with Crippen LogP contribution >= 0.6 is 0 Å². The van der Waals surface area contributed by atoms with Crippen LogP contribution in [-0.2, 0) is 25.5 Å². The number of esters is 1. The molecule has 0 aromatic heterocycles. The van der Waals surface area contributed by atoms with E-state index in [0.717, 1.165) is 16.8 Å². The van der Waals surface area contributed by atoms with Gasteiger partial charge in [0.25, 0.3) is 5.91 Å². The fourth-order valence-corrected chi connectivity index (χ4v) is 3.47. The molecule has 0 radical (unpaired) electrons. The van der Waals surface area contributed by atoms with Gasteiger partial charge in [-0.15, -0.1) is 0 Å². The van der Waals surface area contributed by atoms with Gasteiger partial charge in [0.15, 0.2) is 6.61 Å². The van der Waals surface area contributed by atoms with Crippen molar-refractivity contribution in [2.75, 3.05) is 24.6 Å². The van der Waals surface area contributed by atoms with E-state index in [1.807, 2.05) is 32.0 Å². The Balaban J connectivity index is 1.46. The van der Waals surface area contributed by atoms with Crippen LogP contribution in [0.25, 0.3) is 0 Å². The highest BCUT2D eigenvalue weighted by Gasteiger charge is 2.37. The van der Waals surface area contributed by atoms with Crippen LogP contribution in [0.3, 0.4) is 0 Å². The summed E-state index contributed by atoms with van der Waals surface area (Å²) in [5.41, 5.74) is 3.36. The van der Waals surface area contributed by atoms with Gasteiger partial charge in [0.2, 0.25) is 5.91 Å². The van der Waals surface area contributed by atoms with E-state index >= 15 is 0 Å². The minimum atomic E-state index is -0.608. The van der Waals surface area contributed by atoms with Crippen molar-refractivity contribution in [1.82, 2.24) is 5.32 Å². The number of hydrogen-bond donors (Lipinski definition) is 1. The first-order valence-corrected chi connectivity index (χ1v) is 9.90. The lowest BCUT2D eigenvalue weighted by Gasteiger charge is -2.20. The summed E-state index contributed by atoms with van der Waals surface area (Å²) >= 11 is 0. The van der Waals surface area contributed by atoms with Crippen molar-refractivity contribution in [3.8, 4) is 0 Å². The fourth-order valence-electron chi connectivity index (χ4n) is 3.47. The van der Waals surface area contributed by atoms with Crippen LogP contribution in [0.2, 0.25) is 0 Å². The highest BCUT2D eigenvalue weighted by atomic mass is 19.1. The number of carbonyl (C=O) groups excluding carboxylic acids is 3. The zero-order valence-corrected chi connectivity index (χ0v) is 17.1. The smallest absolute Gasteiger partial charge is 0.311 e. The van der Waals surface area contributed by atoms with Gasteiger partial charge in [-0.25, -0.2) is 4.39 Å². The Bertz CT molecular complexity index is 960. The Morgan fingerprint density at radius 1 is 1.17 bits per heavy atom. The Morgan fingerprint density at radius 2 is 1.93 bits per heavy atom. The third kappa shape index (κ3) is 5.03. The predicted molar refractivity (Wildman–Crippen MR) is 110 cm³/mol. The molecule has 1 fully saturated rings. The van der Waals surface area contributed by atoms with Crippen LogP contribution < -0.4 is 10.2 Å². The van der Waals surface area contributed by atoms with Crippen LogP contribution in [0.15, 0.2) is 42.5 Å². The molecule has 0 bridgehead atoms. The number of carbonyl (C=O) groups is 3. The van der Waals surface area contributed by atoms with Crippen LogP contribution in [0.1, 0.15) is 23.1 Å². The van der Waals surface area contributed by atoms with Crippen LogP contribution in [0, 0.1) is 25.6 Å². The van der Waals surface area contributed by atoms with Gasteiger partial charge in [0.05, 0.1) is 5.92 Å². The SMILES string of the molecule is Cc1cccc(N2C[C@@H](C(=O)OCC(=O)NCCc3ccccc3F)CC2=O)c1C. The lowest BCUT2D eigenvalue weighted by atomic mass is 10.1. The number of benzene rings is 2. The van der Waals surface area contributed by atoms with Gasteiger partial charge in [-0.3, -0.25) is 14.4 Å². The van der Waals surface area contributed by atoms with Crippen molar-refractivity contribution in [2.45, 2.75) is 26.7 Å². The molecule has 0 unspecified atom stereocenters. The largest absolute Gasteiger partial charge is 0.455 e. The lowest BCUT2D eigenvalue weighted by molar-refractivity contribution is -0.152. The molecule has 1 saturated heterocycles. The minimum Gasteiger partial charge on any atom is -0.455 e. The van der Waals surface area contributed by atoms with Crippen LogP contribution in [0.4, 0.5) is 10.1 Å². The number of ether oxygens (including phenoxy) is 1. The van der Waals surface area contributed by atoms with E-state index in [0.29, 0.717) is 12.0 Å². The van der Waals surface area contributed by atoms with E-state index in [-0.39, 0.29) is 31.2 Å². The van der Waals surface area contributed by atoms with E-state index in [9.17, 15) is 18.8 Å². The van der Waals surface area contributed by atoms with Crippen LogP contribution in [-0.4, -0.2) is 37.5 Å². The molecule has 1 N–H and O–H groups in total. The molecular formula is C23H25FN2O4. The first-order valence-electron chi connectivity index (χ1n) is 9.90. The first-order chi connectivity index (χ1) is 14.4. The molecule has 7 heteroatoms. The number of anilines is 1. The Labute approximate surface area is 175 Å². The van der Waals surface area contributed by atoms with Gasteiger partial charge >= 0.3 is 5.97 Å². The molecule has 0 aliphatic carbocycles.